The number of halogens is 1. The van der Waals surface area contributed by atoms with E-state index >= 15 is 0 Å². The molecule has 5 heteroatoms. The number of hydrogen-bond donors (Lipinski definition) is 2. The number of carbonyl (C=O) groups excluding carboxylic acids is 2. The molecule has 2 N–H and O–H groups in total. The van der Waals surface area contributed by atoms with E-state index in [0.717, 1.165) is 37.0 Å². The fourth-order valence-electron chi connectivity index (χ4n) is 5.28. The van der Waals surface area contributed by atoms with Crippen LogP contribution in [0.2, 0.25) is 5.02 Å². The molecule has 4 nitrogen and oxygen atoms in total. The normalized spacial score (nSPS) is 34.2. The van der Waals surface area contributed by atoms with Gasteiger partial charge in [0.25, 0.3) is 0 Å². The first-order valence-corrected chi connectivity index (χ1v) is 8.78. The van der Waals surface area contributed by atoms with Crippen LogP contribution in [-0.2, 0) is 9.59 Å². The highest BCUT2D eigenvalue weighted by atomic mass is 35.5. The molecule has 1 aromatic carbocycles. The molecule has 1 aromatic rings. The van der Waals surface area contributed by atoms with Crippen LogP contribution >= 0.6 is 11.6 Å². The smallest absolute Gasteiger partial charge is 0.313 e. The van der Waals surface area contributed by atoms with Crippen LogP contribution in [-0.4, -0.2) is 17.4 Å². The molecule has 23 heavy (non-hydrogen) atoms. The zero-order valence-corrected chi connectivity index (χ0v) is 13.7. The Morgan fingerprint density at radius 2 is 1.43 bits per heavy atom. The van der Waals surface area contributed by atoms with E-state index in [0.29, 0.717) is 10.7 Å². The number of anilines is 1. The third-order valence-corrected chi connectivity index (χ3v) is 5.98. The minimum atomic E-state index is -0.594. The van der Waals surface area contributed by atoms with Gasteiger partial charge in [0.05, 0.1) is 0 Å². The highest BCUT2D eigenvalue weighted by molar-refractivity contribution is 6.39. The summed E-state index contributed by atoms with van der Waals surface area (Å²) in [7, 11) is 0. The van der Waals surface area contributed by atoms with E-state index in [1.165, 1.54) is 19.3 Å². The summed E-state index contributed by atoms with van der Waals surface area (Å²) in [4.78, 5) is 24.5. The van der Waals surface area contributed by atoms with Gasteiger partial charge in [-0.05, 0) is 80.5 Å². The standard InChI is InChI=1S/C18H21ClN2O2/c19-14-1-3-15(4-2-14)20-16(22)17(23)21-18-8-11-5-12(9-18)7-13(6-11)10-18/h1-4,11-13H,5-10H2,(H,20,22)(H,21,23). The quantitative estimate of drug-likeness (QED) is 0.816. The van der Waals surface area contributed by atoms with Crippen LogP contribution < -0.4 is 10.6 Å². The van der Waals surface area contributed by atoms with Gasteiger partial charge in [-0.25, -0.2) is 0 Å². The molecule has 0 atom stereocenters. The summed E-state index contributed by atoms with van der Waals surface area (Å²) in [5.41, 5.74) is 0.448. The van der Waals surface area contributed by atoms with Crippen LogP contribution in [0.4, 0.5) is 5.69 Å². The maximum atomic E-state index is 12.3. The molecule has 0 aliphatic heterocycles. The van der Waals surface area contributed by atoms with Crippen molar-refractivity contribution in [2.24, 2.45) is 17.8 Å². The van der Waals surface area contributed by atoms with E-state index < -0.39 is 11.8 Å². The minimum Gasteiger partial charge on any atom is -0.342 e. The molecular weight excluding hydrogens is 312 g/mol. The molecule has 0 saturated heterocycles. The van der Waals surface area contributed by atoms with Crippen molar-refractivity contribution in [1.82, 2.24) is 5.32 Å². The molecule has 5 rings (SSSR count). The van der Waals surface area contributed by atoms with Gasteiger partial charge in [0.2, 0.25) is 0 Å². The van der Waals surface area contributed by atoms with Crippen molar-refractivity contribution >= 4 is 29.1 Å². The van der Waals surface area contributed by atoms with Gasteiger partial charge in [0.15, 0.2) is 0 Å². The Bertz CT molecular complexity index is 606. The molecule has 2 amide bonds. The Morgan fingerprint density at radius 1 is 0.913 bits per heavy atom. The Kier molecular flexibility index (Phi) is 3.60. The highest BCUT2D eigenvalue weighted by Crippen LogP contribution is 2.55. The van der Waals surface area contributed by atoms with Crippen molar-refractivity contribution in [3.63, 3.8) is 0 Å². The molecule has 122 valence electrons. The molecule has 0 heterocycles. The van der Waals surface area contributed by atoms with Gasteiger partial charge in [0, 0.05) is 16.2 Å². The minimum absolute atomic E-state index is 0.136. The number of carbonyl (C=O) groups is 2. The number of benzene rings is 1. The molecule has 0 unspecified atom stereocenters. The van der Waals surface area contributed by atoms with Crippen molar-refractivity contribution < 1.29 is 9.59 Å². The lowest BCUT2D eigenvalue weighted by Crippen LogP contribution is -2.61. The summed E-state index contributed by atoms with van der Waals surface area (Å²) in [5.74, 6) is 1.10. The van der Waals surface area contributed by atoms with E-state index in [2.05, 4.69) is 10.6 Å². The Morgan fingerprint density at radius 3 is 1.96 bits per heavy atom. The second kappa shape index (κ2) is 5.52. The molecule has 4 aliphatic carbocycles. The number of amides is 2. The average Bonchev–Trinajstić information content (AvgIpc) is 2.47. The third kappa shape index (κ3) is 2.97. The molecule has 0 radical (unpaired) electrons. The third-order valence-electron chi connectivity index (χ3n) is 5.73. The molecule has 4 bridgehead atoms. The Balaban J connectivity index is 1.41. The maximum Gasteiger partial charge on any atom is 0.313 e. The second-order valence-electron chi connectivity index (χ2n) is 7.61. The van der Waals surface area contributed by atoms with Crippen molar-refractivity contribution in [3.8, 4) is 0 Å². The van der Waals surface area contributed by atoms with E-state index in [9.17, 15) is 9.59 Å². The summed E-state index contributed by atoms with van der Waals surface area (Å²) in [6.45, 7) is 0. The zero-order valence-electron chi connectivity index (χ0n) is 13.0. The first kappa shape index (κ1) is 15.0. The average molecular weight is 333 g/mol. The topological polar surface area (TPSA) is 58.2 Å². The van der Waals surface area contributed by atoms with Crippen LogP contribution in [0.25, 0.3) is 0 Å². The maximum absolute atomic E-state index is 12.3. The second-order valence-corrected chi connectivity index (χ2v) is 8.05. The van der Waals surface area contributed by atoms with Gasteiger partial charge >= 0.3 is 11.8 Å². The van der Waals surface area contributed by atoms with Crippen molar-refractivity contribution in [2.75, 3.05) is 5.32 Å². The van der Waals surface area contributed by atoms with E-state index in [1.54, 1.807) is 24.3 Å². The first-order chi connectivity index (χ1) is 11.0. The Labute approximate surface area is 141 Å². The molecule has 4 fully saturated rings. The SMILES string of the molecule is O=C(Nc1ccc(Cl)cc1)C(=O)NC12CC3CC(CC(C3)C1)C2. The number of hydrogen-bond acceptors (Lipinski definition) is 2. The summed E-state index contributed by atoms with van der Waals surface area (Å²) in [6, 6.07) is 6.76. The van der Waals surface area contributed by atoms with Crippen molar-refractivity contribution in [1.29, 1.82) is 0 Å². The highest BCUT2D eigenvalue weighted by Gasteiger charge is 2.51. The van der Waals surface area contributed by atoms with Gasteiger partial charge < -0.3 is 10.6 Å². The Hall–Kier alpha value is -1.55. The summed E-state index contributed by atoms with van der Waals surface area (Å²) in [6.07, 6.45) is 7.06. The fourth-order valence-corrected chi connectivity index (χ4v) is 5.41. The lowest BCUT2D eigenvalue weighted by molar-refractivity contribution is -0.139. The molecule has 4 saturated carbocycles. The van der Waals surface area contributed by atoms with E-state index in [4.69, 9.17) is 11.6 Å². The van der Waals surface area contributed by atoms with Crippen molar-refractivity contribution in [2.45, 2.75) is 44.1 Å². The first-order valence-electron chi connectivity index (χ1n) is 8.40. The van der Waals surface area contributed by atoms with Crippen LogP contribution in [0, 0.1) is 17.8 Å². The van der Waals surface area contributed by atoms with Gasteiger partial charge in [-0.1, -0.05) is 11.6 Å². The largest absolute Gasteiger partial charge is 0.342 e. The molecule has 0 spiro atoms. The van der Waals surface area contributed by atoms with Crippen molar-refractivity contribution in [3.05, 3.63) is 29.3 Å². The summed E-state index contributed by atoms with van der Waals surface area (Å²) < 4.78 is 0. The molecule has 4 aliphatic rings. The monoisotopic (exact) mass is 332 g/mol. The van der Waals surface area contributed by atoms with Crippen LogP contribution in [0.5, 0.6) is 0 Å². The predicted octanol–water partition coefficient (Wildman–Crippen LogP) is 3.36. The molecular formula is C18H21ClN2O2. The van der Waals surface area contributed by atoms with Crippen LogP contribution in [0.3, 0.4) is 0 Å². The summed E-state index contributed by atoms with van der Waals surface area (Å²) in [5, 5.41) is 6.32. The van der Waals surface area contributed by atoms with E-state index in [-0.39, 0.29) is 5.54 Å². The van der Waals surface area contributed by atoms with E-state index in [1.807, 2.05) is 0 Å². The van der Waals surface area contributed by atoms with Crippen LogP contribution in [0.1, 0.15) is 38.5 Å². The fraction of sp³-hybridized carbons (Fsp3) is 0.556. The van der Waals surface area contributed by atoms with Gasteiger partial charge in [-0.2, -0.15) is 0 Å². The zero-order chi connectivity index (χ0) is 16.0. The predicted molar refractivity (Wildman–Crippen MR) is 89.1 cm³/mol. The van der Waals surface area contributed by atoms with Gasteiger partial charge in [0.1, 0.15) is 0 Å². The van der Waals surface area contributed by atoms with Crippen LogP contribution in [0.15, 0.2) is 24.3 Å². The lowest BCUT2D eigenvalue weighted by Gasteiger charge is -2.56. The van der Waals surface area contributed by atoms with Gasteiger partial charge in [-0.15, -0.1) is 0 Å². The number of rotatable bonds is 2. The lowest BCUT2D eigenvalue weighted by atomic mass is 9.53. The van der Waals surface area contributed by atoms with Gasteiger partial charge in [-0.3, -0.25) is 9.59 Å². The number of nitrogens with one attached hydrogen (secondary N) is 2. The summed E-state index contributed by atoms with van der Waals surface area (Å²) >= 11 is 5.82. The molecule has 0 aromatic heterocycles.